The van der Waals surface area contributed by atoms with Gasteiger partial charge in [-0.2, -0.15) is 14.1 Å². The molecule has 1 aliphatic heterocycles. The van der Waals surface area contributed by atoms with Crippen molar-refractivity contribution >= 4 is 43.3 Å². The molecular weight excluding hydrogens is 506 g/mol. The van der Waals surface area contributed by atoms with Gasteiger partial charge in [-0.05, 0) is 87.6 Å². The molecule has 37 heavy (non-hydrogen) atoms. The number of nitrogens with zero attached hydrogens (tertiary/aromatic N) is 4. The van der Waals surface area contributed by atoms with E-state index in [1.54, 1.807) is 27.2 Å². The maximum Gasteiger partial charge on any atom is 0.256 e. The number of piperidine rings is 1. The maximum atomic E-state index is 13.3. The molecule has 4 aromatic rings. The van der Waals surface area contributed by atoms with Crippen molar-refractivity contribution in [3.05, 3.63) is 64.8 Å². The van der Waals surface area contributed by atoms with E-state index in [1.165, 1.54) is 34.6 Å². The van der Waals surface area contributed by atoms with Crippen molar-refractivity contribution in [2.75, 3.05) is 11.9 Å². The number of hydrogen-bond donors (Lipinski definition) is 1. The molecule has 5 rings (SSSR count). The average Bonchev–Trinajstić information content (AvgIpc) is 3.46. The molecule has 0 saturated carbocycles. The molecule has 10 heteroatoms. The lowest BCUT2D eigenvalue weighted by molar-refractivity contribution is 0.102. The summed E-state index contributed by atoms with van der Waals surface area (Å²) in [5.41, 5.74) is 4.37. The monoisotopic (exact) mass is 537 g/mol. The lowest BCUT2D eigenvalue weighted by Crippen LogP contribution is -2.43. The van der Waals surface area contributed by atoms with Crippen LogP contribution in [0.5, 0.6) is 0 Å². The molecule has 1 atom stereocenters. The first-order valence-corrected chi connectivity index (χ1v) is 14.8. The first kappa shape index (κ1) is 25.6. The van der Waals surface area contributed by atoms with Crippen LogP contribution in [-0.2, 0) is 10.0 Å². The van der Waals surface area contributed by atoms with E-state index < -0.39 is 10.0 Å². The SMILES string of the molecule is CCC1CCCCN1S(=O)(=O)c1ccc(C(=O)Nc2cc(C)nn2-c2nc3cc(C)c(C)cc3s2)cc1. The molecule has 0 spiro atoms. The summed E-state index contributed by atoms with van der Waals surface area (Å²) >= 11 is 1.51. The van der Waals surface area contributed by atoms with Gasteiger partial charge in [0.15, 0.2) is 0 Å². The predicted octanol–water partition coefficient (Wildman–Crippen LogP) is 5.61. The van der Waals surface area contributed by atoms with Crippen molar-refractivity contribution in [3.63, 3.8) is 0 Å². The zero-order chi connectivity index (χ0) is 26.3. The van der Waals surface area contributed by atoms with Gasteiger partial charge in [0.25, 0.3) is 5.91 Å². The Hall–Kier alpha value is -3.08. The summed E-state index contributed by atoms with van der Waals surface area (Å²) in [5, 5.41) is 8.13. The normalized spacial score (nSPS) is 16.8. The molecule has 8 nitrogen and oxygen atoms in total. The van der Waals surface area contributed by atoms with Crippen LogP contribution in [0.15, 0.2) is 47.4 Å². The second-order valence-electron chi connectivity index (χ2n) is 9.64. The van der Waals surface area contributed by atoms with Gasteiger partial charge in [-0.25, -0.2) is 13.4 Å². The molecule has 1 N–H and O–H groups in total. The largest absolute Gasteiger partial charge is 0.306 e. The van der Waals surface area contributed by atoms with E-state index in [1.807, 2.05) is 13.8 Å². The zero-order valence-corrected chi connectivity index (χ0v) is 23.1. The standard InChI is InChI=1S/C27H31N5O3S2/c1-5-21-8-6-7-13-31(21)37(34,35)22-11-9-20(10-12-22)26(33)29-25-16-19(4)30-32(25)27-28-23-14-17(2)18(3)15-24(23)36-27/h9-12,14-16,21H,5-8,13H2,1-4H3,(H,29,33). The van der Waals surface area contributed by atoms with Crippen LogP contribution >= 0.6 is 11.3 Å². The number of amides is 1. The summed E-state index contributed by atoms with van der Waals surface area (Å²) < 4.78 is 30.8. The highest BCUT2D eigenvalue weighted by atomic mass is 32.2. The van der Waals surface area contributed by atoms with Gasteiger partial charge in [-0.3, -0.25) is 4.79 Å². The smallest absolute Gasteiger partial charge is 0.256 e. The Bertz CT molecular complexity index is 1530. The third-order valence-electron chi connectivity index (χ3n) is 7.01. The number of carbonyl (C=O) groups is 1. The van der Waals surface area contributed by atoms with E-state index in [0.29, 0.717) is 23.1 Å². The minimum absolute atomic E-state index is 0.0283. The summed E-state index contributed by atoms with van der Waals surface area (Å²) in [6, 6.07) is 12.2. The quantitative estimate of drug-likeness (QED) is 0.345. The molecule has 1 saturated heterocycles. The summed E-state index contributed by atoms with van der Waals surface area (Å²) in [6.07, 6.45) is 3.60. The summed E-state index contributed by atoms with van der Waals surface area (Å²) in [4.78, 5) is 18.0. The van der Waals surface area contributed by atoms with Crippen LogP contribution in [0, 0.1) is 20.8 Å². The van der Waals surface area contributed by atoms with Crippen molar-refractivity contribution < 1.29 is 13.2 Å². The number of rotatable bonds is 6. The van der Waals surface area contributed by atoms with E-state index >= 15 is 0 Å². The fourth-order valence-corrected chi connectivity index (χ4v) is 7.57. The minimum atomic E-state index is -3.60. The molecule has 0 bridgehead atoms. The number of hydrogen-bond acceptors (Lipinski definition) is 6. The van der Waals surface area contributed by atoms with Gasteiger partial charge < -0.3 is 5.32 Å². The Labute approximate surface area is 221 Å². The summed E-state index contributed by atoms with van der Waals surface area (Å²) in [7, 11) is -3.60. The van der Waals surface area contributed by atoms with Gasteiger partial charge in [0.1, 0.15) is 5.82 Å². The Morgan fingerprint density at radius 2 is 1.81 bits per heavy atom. The van der Waals surface area contributed by atoms with Gasteiger partial charge in [-0.1, -0.05) is 24.7 Å². The van der Waals surface area contributed by atoms with Crippen LogP contribution in [0.25, 0.3) is 15.3 Å². The van der Waals surface area contributed by atoms with E-state index in [0.717, 1.165) is 41.6 Å². The number of aromatic nitrogens is 3. The van der Waals surface area contributed by atoms with Gasteiger partial charge in [0.05, 0.1) is 20.8 Å². The summed E-state index contributed by atoms with van der Waals surface area (Å²) in [6.45, 7) is 8.55. The fourth-order valence-electron chi connectivity index (χ4n) is 4.79. The first-order valence-electron chi connectivity index (χ1n) is 12.6. The van der Waals surface area contributed by atoms with Gasteiger partial charge in [0.2, 0.25) is 15.2 Å². The maximum absolute atomic E-state index is 13.3. The summed E-state index contributed by atoms with van der Waals surface area (Å²) in [5.74, 6) is 0.160. The first-order chi connectivity index (χ1) is 17.7. The second kappa shape index (κ2) is 10.00. The Balaban J connectivity index is 1.38. The van der Waals surface area contributed by atoms with Crippen LogP contribution in [0.3, 0.4) is 0 Å². The third kappa shape index (κ3) is 4.93. The van der Waals surface area contributed by atoms with Crippen LogP contribution < -0.4 is 5.32 Å². The third-order valence-corrected chi connectivity index (χ3v) is 9.97. The number of carbonyl (C=O) groups excluding carboxylic acids is 1. The van der Waals surface area contributed by atoms with Crippen molar-refractivity contribution in [1.29, 1.82) is 0 Å². The number of fused-ring (bicyclic) bond motifs is 1. The van der Waals surface area contributed by atoms with Gasteiger partial charge in [0, 0.05) is 24.2 Å². The van der Waals surface area contributed by atoms with Gasteiger partial charge >= 0.3 is 0 Å². The highest BCUT2D eigenvalue weighted by Gasteiger charge is 2.32. The van der Waals surface area contributed by atoms with Crippen LogP contribution in [0.2, 0.25) is 0 Å². The molecular formula is C27H31N5O3S2. The molecule has 0 radical (unpaired) electrons. The molecule has 0 aliphatic carbocycles. The van der Waals surface area contributed by atoms with Crippen LogP contribution in [-0.4, -0.2) is 46.0 Å². The van der Waals surface area contributed by atoms with E-state index in [9.17, 15) is 13.2 Å². The molecule has 2 aromatic carbocycles. The topological polar surface area (TPSA) is 97.2 Å². The minimum Gasteiger partial charge on any atom is -0.306 e. The number of anilines is 1. The second-order valence-corrected chi connectivity index (χ2v) is 12.5. The number of thiazole rings is 1. The van der Waals surface area contributed by atoms with Crippen LogP contribution in [0.1, 0.15) is 59.8 Å². The molecule has 1 amide bonds. The van der Waals surface area contributed by atoms with E-state index in [4.69, 9.17) is 4.98 Å². The lowest BCUT2D eigenvalue weighted by Gasteiger charge is -2.34. The van der Waals surface area contributed by atoms with Crippen molar-refractivity contribution in [1.82, 2.24) is 19.1 Å². The number of benzene rings is 2. The number of nitrogens with one attached hydrogen (secondary N) is 1. The lowest BCUT2D eigenvalue weighted by atomic mass is 10.0. The fraction of sp³-hybridized carbons (Fsp3) is 0.370. The van der Waals surface area contributed by atoms with E-state index in [-0.39, 0.29) is 16.8 Å². The van der Waals surface area contributed by atoms with Crippen molar-refractivity contribution in [2.24, 2.45) is 0 Å². The Kier molecular flexibility index (Phi) is 6.91. The van der Waals surface area contributed by atoms with Gasteiger partial charge in [-0.15, -0.1) is 0 Å². The zero-order valence-electron chi connectivity index (χ0n) is 21.5. The Morgan fingerprint density at radius 3 is 2.54 bits per heavy atom. The number of aryl methyl sites for hydroxylation is 3. The highest BCUT2D eigenvalue weighted by molar-refractivity contribution is 7.89. The Morgan fingerprint density at radius 1 is 1.08 bits per heavy atom. The molecule has 1 fully saturated rings. The van der Waals surface area contributed by atoms with E-state index in [2.05, 4.69) is 36.4 Å². The van der Waals surface area contributed by atoms with Crippen molar-refractivity contribution in [3.8, 4) is 5.13 Å². The number of sulfonamides is 1. The average molecular weight is 538 g/mol. The molecule has 194 valence electrons. The molecule has 2 aromatic heterocycles. The van der Waals surface area contributed by atoms with Crippen molar-refractivity contribution in [2.45, 2.75) is 64.3 Å². The highest BCUT2D eigenvalue weighted by Crippen LogP contribution is 2.30. The molecule has 1 aliphatic rings. The predicted molar refractivity (Wildman–Crippen MR) is 147 cm³/mol. The van der Waals surface area contributed by atoms with Crippen LogP contribution in [0.4, 0.5) is 5.82 Å². The molecule has 1 unspecified atom stereocenters. The molecule has 3 heterocycles.